The molecule has 16 heavy (non-hydrogen) atoms. The van der Waals surface area contributed by atoms with Crippen LogP contribution in [0.15, 0.2) is 0 Å². The van der Waals surface area contributed by atoms with Crippen molar-refractivity contribution in [2.75, 3.05) is 39.8 Å². The van der Waals surface area contributed by atoms with Gasteiger partial charge < -0.3 is 15.5 Å². The molecule has 0 amide bonds. The minimum atomic E-state index is 0.453. The highest BCUT2D eigenvalue weighted by atomic mass is 15.2. The second kappa shape index (κ2) is 7.25. The van der Waals surface area contributed by atoms with Gasteiger partial charge in [0.05, 0.1) is 0 Å². The molecule has 1 unspecified atom stereocenters. The molecule has 0 radical (unpaired) electrons. The Labute approximate surface area is 101 Å². The molecule has 1 atom stereocenters. The first-order valence-electron chi connectivity index (χ1n) is 6.78. The summed E-state index contributed by atoms with van der Waals surface area (Å²) < 4.78 is 0. The zero-order chi connectivity index (χ0) is 12.0. The van der Waals surface area contributed by atoms with Crippen LogP contribution in [0.5, 0.6) is 0 Å². The van der Waals surface area contributed by atoms with Crippen molar-refractivity contribution in [3.05, 3.63) is 0 Å². The molecule has 0 bridgehead atoms. The molecule has 1 aliphatic heterocycles. The van der Waals surface area contributed by atoms with Crippen LogP contribution in [-0.4, -0.2) is 55.6 Å². The summed E-state index contributed by atoms with van der Waals surface area (Å²) in [5, 5.41) is 0. The van der Waals surface area contributed by atoms with Crippen molar-refractivity contribution in [1.29, 1.82) is 0 Å². The van der Waals surface area contributed by atoms with Gasteiger partial charge in [-0.25, -0.2) is 0 Å². The molecule has 2 N–H and O–H groups in total. The number of nitrogens with zero attached hydrogens (tertiary/aromatic N) is 2. The zero-order valence-corrected chi connectivity index (χ0v) is 11.3. The minimum Gasteiger partial charge on any atom is -0.328 e. The van der Waals surface area contributed by atoms with E-state index in [-0.39, 0.29) is 0 Å². The molecule has 1 heterocycles. The third kappa shape index (κ3) is 5.28. The van der Waals surface area contributed by atoms with Crippen molar-refractivity contribution in [2.24, 2.45) is 11.7 Å². The Morgan fingerprint density at radius 1 is 1.38 bits per heavy atom. The van der Waals surface area contributed by atoms with Gasteiger partial charge in [0.15, 0.2) is 0 Å². The molecule has 0 spiro atoms. The Morgan fingerprint density at radius 3 is 2.56 bits per heavy atom. The smallest absolute Gasteiger partial charge is 0.0109 e. The second-order valence-electron chi connectivity index (χ2n) is 5.45. The molecule has 0 aliphatic carbocycles. The molecule has 1 rings (SSSR count). The lowest BCUT2D eigenvalue weighted by Crippen LogP contribution is -2.43. The minimum absolute atomic E-state index is 0.453. The van der Waals surface area contributed by atoms with Crippen LogP contribution in [0.25, 0.3) is 0 Å². The highest BCUT2D eigenvalue weighted by Crippen LogP contribution is 2.08. The number of hydrogen-bond donors (Lipinski definition) is 1. The number of rotatable bonds is 6. The average molecular weight is 227 g/mol. The predicted molar refractivity (Wildman–Crippen MR) is 70.6 cm³/mol. The van der Waals surface area contributed by atoms with Gasteiger partial charge in [0.2, 0.25) is 0 Å². The van der Waals surface area contributed by atoms with Crippen LogP contribution in [-0.2, 0) is 0 Å². The summed E-state index contributed by atoms with van der Waals surface area (Å²) in [6, 6.07) is 0.453. The van der Waals surface area contributed by atoms with E-state index < -0.39 is 0 Å². The molecule has 1 fully saturated rings. The topological polar surface area (TPSA) is 32.5 Å². The van der Waals surface area contributed by atoms with E-state index in [0.717, 1.165) is 5.92 Å². The first-order valence-corrected chi connectivity index (χ1v) is 6.78. The molecule has 0 saturated carbocycles. The second-order valence-corrected chi connectivity index (χ2v) is 5.45. The van der Waals surface area contributed by atoms with Gasteiger partial charge in [-0.1, -0.05) is 20.3 Å². The Hall–Kier alpha value is -0.120. The van der Waals surface area contributed by atoms with Crippen molar-refractivity contribution in [2.45, 2.75) is 39.2 Å². The molecule has 1 saturated heterocycles. The summed E-state index contributed by atoms with van der Waals surface area (Å²) in [6.45, 7) is 10.6. The van der Waals surface area contributed by atoms with Crippen LogP contribution in [0, 0.1) is 5.92 Å². The van der Waals surface area contributed by atoms with Crippen LogP contribution in [0.2, 0.25) is 0 Å². The molecular weight excluding hydrogens is 198 g/mol. The van der Waals surface area contributed by atoms with Gasteiger partial charge in [-0.05, 0) is 38.9 Å². The maximum Gasteiger partial charge on any atom is 0.0109 e. The van der Waals surface area contributed by atoms with E-state index in [1.54, 1.807) is 0 Å². The van der Waals surface area contributed by atoms with Crippen LogP contribution in [0.4, 0.5) is 0 Å². The van der Waals surface area contributed by atoms with Crippen LogP contribution < -0.4 is 5.73 Å². The highest BCUT2D eigenvalue weighted by molar-refractivity contribution is 4.74. The fraction of sp³-hybridized carbons (Fsp3) is 1.00. The number of hydrogen-bond acceptors (Lipinski definition) is 3. The summed E-state index contributed by atoms with van der Waals surface area (Å²) in [5.74, 6) is 0.819. The Balaban J connectivity index is 2.09. The van der Waals surface area contributed by atoms with Crippen LogP contribution >= 0.6 is 0 Å². The van der Waals surface area contributed by atoms with E-state index >= 15 is 0 Å². The van der Waals surface area contributed by atoms with E-state index in [2.05, 4.69) is 30.7 Å². The van der Waals surface area contributed by atoms with E-state index in [9.17, 15) is 0 Å². The van der Waals surface area contributed by atoms with Gasteiger partial charge in [-0.15, -0.1) is 0 Å². The van der Waals surface area contributed by atoms with E-state index in [4.69, 9.17) is 5.73 Å². The third-order valence-electron chi connectivity index (χ3n) is 3.75. The third-order valence-corrected chi connectivity index (χ3v) is 3.75. The molecule has 3 heteroatoms. The highest BCUT2D eigenvalue weighted by Gasteiger charge is 2.16. The average Bonchev–Trinajstić information content (AvgIpc) is 2.28. The summed E-state index contributed by atoms with van der Waals surface area (Å²) in [5.41, 5.74) is 5.90. The summed E-state index contributed by atoms with van der Waals surface area (Å²) in [4.78, 5) is 5.01. The van der Waals surface area contributed by atoms with Crippen molar-refractivity contribution in [3.8, 4) is 0 Å². The fourth-order valence-electron chi connectivity index (χ4n) is 2.24. The molecule has 0 aromatic heterocycles. The van der Waals surface area contributed by atoms with Crippen molar-refractivity contribution >= 4 is 0 Å². The van der Waals surface area contributed by atoms with Crippen molar-refractivity contribution in [3.63, 3.8) is 0 Å². The Morgan fingerprint density at radius 2 is 2.00 bits per heavy atom. The number of likely N-dealkylation sites (tertiary alicyclic amines) is 1. The van der Waals surface area contributed by atoms with E-state index in [1.165, 1.54) is 52.0 Å². The monoisotopic (exact) mass is 227 g/mol. The number of piperidine rings is 1. The standard InChI is InChI=1S/C13H29N3/c1-4-12(2)11-15(3)9-10-16-7-5-13(14)6-8-16/h12-13H,4-11,14H2,1-3H3. The maximum atomic E-state index is 5.90. The summed E-state index contributed by atoms with van der Waals surface area (Å²) in [7, 11) is 2.24. The largest absolute Gasteiger partial charge is 0.328 e. The predicted octanol–water partition coefficient (Wildman–Crippen LogP) is 1.39. The quantitative estimate of drug-likeness (QED) is 0.744. The molecular formula is C13H29N3. The summed E-state index contributed by atoms with van der Waals surface area (Å²) in [6.07, 6.45) is 3.63. The Kier molecular flexibility index (Phi) is 6.32. The molecule has 3 nitrogen and oxygen atoms in total. The van der Waals surface area contributed by atoms with Crippen molar-refractivity contribution < 1.29 is 0 Å². The fourth-order valence-corrected chi connectivity index (χ4v) is 2.24. The Bertz CT molecular complexity index is 176. The van der Waals surface area contributed by atoms with Gasteiger partial charge in [-0.2, -0.15) is 0 Å². The molecule has 1 aliphatic rings. The number of nitrogens with two attached hydrogens (primary N) is 1. The van der Waals surface area contributed by atoms with Gasteiger partial charge in [0.25, 0.3) is 0 Å². The van der Waals surface area contributed by atoms with Crippen LogP contribution in [0.3, 0.4) is 0 Å². The first kappa shape index (κ1) is 13.9. The molecule has 0 aromatic carbocycles. The maximum absolute atomic E-state index is 5.90. The first-order chi connectivity index (χ1) is 7.61. The van der Waals surface area contributed by atoms with Gasteiger partial charge in [0.1, 0.15) is 0 Å². The zero-order valence-electron chi connectivity index (χ0n) is 11.3. The summed E-state index contributed by atoms with van der Waals surface area (Å²) >= 11 is 0. The number of likely N-dealkylation sites (N-methyl/N-ethyl adjacent to an activating group) is 1. The normalized spacial score (nSPS) is 21.6. The molecule has 0 aromatic rings. The van der Waals surface area contributed by atoms with Crippen LogP contribution in [0.1, 0.15) is 33.1 Å². The molecule has 96 valence electrons. The van der Waals surface area contributed by atoms with Gasteiger partial charge in [-0.3, -0.25) is 0 Å². The van der Waals surface area contributed by atoms with Gasteiger partial charge >= 0.3 is 0 Å². The van der Waals surface area contributed by atoms with E-state index in [0.29, 0.717) is 6.04 Å². The lowest BCUT2D eigenvalue weighted by molar-refractivity contribution is 0.178. The lowest BCUT2D eigenvalue weighted by Gasteiger charge is -2.31. The van der Waals surface area contributed by atoms with E-state index in [1.807, 2.05) is 0 Å². The lowest BCUT2D eigenvalue weighted by atomic mass is 10.1. The van der Waals surface area contributed by atoms with Gasteiger partial charge in [0, 0.05) is 25.7 Å². The SMILES string of the molecule is CCC(C)CN(C)CCN1CCC(N)CC1. The van der Waals surface area contributed by atoms with Crippen molar-refractivity contribution in [1.82, 2.24) is 9.80 Å².